The molecule has 1 heterocycles. The highest BCUT2D eigenvalue weighted by molar-refractivity contribution is 6.03. The highest BCUT2D eigenvalue weighted by Gasteiger charge is 2.27. The number of carbonyl (C=O) groups is 5. The third-order valence-corrected chi connectivity index (χ3v) is 7.42. The van der Waals surface area contributed by atoms with E-state index in [1.807, 2.05) is 60.7 Å². The van der Waals surface area contributed by atoms with E-state index in [-0.39, 0.29) is 24.8 Å². The number of hydrogen-bond donors (Lipinski definition) is 6. The number of carboxylic acids is 1. The molecule has 244 valence electrons. The number of fused-ring (bicyclic) bond motifs is 1. The van der Waals surface area contributed by atoms with Crippen LogP contribution in [0.2, 0.25) is 0 Å². The van der Waals surface area contributed by atoms with Gasteiger partial charge in [0.2, 0.25) is 17.7 Å². The average Bonchev–Trinajstić information content (AvgIpc) is 3.05. The second kappa shape index (κ2) is 15.3. The number of pyridine rings is 1. The third-order valence-electron chi connectivity index (χ3n) is 7.42. The number of rotatable bonds is 13. The van der Waals surface area contributed by atoms with Gasteiger partial charge in [-0.2, -0.15) is 0 Å². The van der Waals surface area contributed by atoms with E-state index in [0.717, 1.165) is 15.7 Å². The number of amides is 4. The van der Waals surface area contributed by atoms with Crippen molar-refractivity contribution in [2.45, 2.75) is 38.4 Å². The molecule has 13 heteroatoms. The Morgan fingerprint density at radius 2 is 1.34 bits per heavy atom. The zero-order valence-corrected chi connectivity index (χ0v) is 25.8. The second-order valence-electron chi connectivity index (χ2n) is 10.9. The zero-order chi connectivity index (χ0) is 34.1. The van der Waals surface area contributed by atoms with Gasteiger partial charge in [-0.25, -0.2) is 0 Å². The number of nitrogens with zero attached hydrogens (tertiary/aromatic N) is 1. The van der Waals surface area contributed by atoms with Gasteiger partial charge in [0, 0.05) is 38.7 Å². The molecule has 4 amide bonds. The van der Waals surface area contributed by atoms with Crippen LogP contribution in [0.4, 0.5) is 0 Å². The summed E-state index contributed by atoms with van der Waals surface area (Å²) in [6.45, 7) is 0.520. The van der Waals surface area contributed by atoms with Crippen LogP contribution in [0.25, 0.3) is 10.9 Å². The fourth-order valence-electron chi connectivity index (χ4n) is 5.09. The van der Waals surface area contributed by atoms with Crippen LogP contribution in [-0.2, 0) is 45.6 Å². The van der Waals surface area contributed by atoms with Crippen LogP contribution in [0.1, 0.15) is 34.0 Å². The van der Waals surface area contributed by atoms with Crippen molar-refractivity contribution in [1.82, 2.24) is 25.8 Å². The second-order valence-corrected chi connectivity index (χ2v) is 10.9. The first-order valence-corrected chi connectivity index (χ1v) is 14.7. The molecule has 3 aromatic carbocycles. The van der Waals surface area contributed by atoms with Gasteiger partial charge < -0.3 is 36.0 Å². The Morgan fingerprint density at radius 3 is 1.89 bits per heavy atom. The number of aliphatic carboxylic acids is 1. The fraction of sp³-hybridized carbons (Fsp3) is 0.235. The number of carbonyl (C=O) groups excluding carboxylic acids is 4. The molecule has 4 aromatic rings. The van der Waals surface area contributed by atoms with Crippen LogP contribution in [-0.4, -0.2) is 63.0 Å². The number of benzene rings is 3. The highest BCUT2D eigenvalue weighted by atomic mass is 16.4. The minimum atomic E-state index is -1.32. The van der Waals surface area contributed by atoms with E-state index in [9.17, 15) is 33.9 Å². The molecule has 0 radical (unpaired) electrons. The molecule has 1 aromatic heterocycles. The quantitative estimate of drug-likeness (QED) is 0.125. The number of aromatic hydroxyl groups is 1. The largest absolute Gasteiger partial charge is 0.506 e. The summed E-state index contributed by atoms with van der Waals surface area (Å²) < 4.78 is 1.15. The maximum absolute atomic E-state index is 13.6. The minimum absolute atomic E-state index is 0.0438. The Kier molecular flexibility index (Phi) is 11.1. The van der Waals surface area contributed by atoms with Crippen molar-refractivity contribution in [2.24, 2.45) is 7.05 Å². The predicted octanol–water partition coefficient (Wildman–Crippen LogP) is 1.15. The number of carboxylic acid groups (broad SMARTS) is 1. The summed E-state index contributed by atoms with van der Waals surface area (Å²) in [6.07, 6.45) is 0.372. The van der Waals surface area contributed by atoms with Gasteiger partial charge in [-0.05, 0) is 28.8 Å². The molecular formula is C34H35N5O8. The van der Waals surface area contributed by atoms with Crippen LogP contribution < -0.4 is 26.8 Å². The Balaban J connectivity index is 1.56. The first-order chi connectivity index (χ1) is 22.4. The van der Waals surface area contributed by atoms with Crippen LogP contribution in [0.3, 0.4) is 0 Å². The standard InChI is InChI=1S/C34H35N5O8/c1-20(40)37-26(17-22-11-7-4-8-12-22)32(45)38-25(16-21-9-5-3-6-10-21)31(44)35-18-23-13-14-27-24(15-23)30(43)29(34(47)39(27)2)33(46)36-19-28(41)42/h3-15,25-26,43H,16-19H2,1-2H3,(H,35,44)(H,36,46)(H,37,40)(H,38,45)(H,41,42)/t25-,26+/m1/s1. The van der Waals surface area contributed by atoms with Crippen molar-refractivity contribution in [2.75, 3.05) is 6.54 Å². The van der Waals surface area contributed by atoms with Gasteiger partial charge in [0.1, 0.15) is 29.9 Å². The first-order valence-electron chi connectivity index (χ1n) is 14.7. The van der Waals surface area contributed by atoms with Gasteiger partial charge in [0.25, 0.3) is 11.5 Å². The van der Waals surface area contributed by atoms with Crippen LogP contribution in [0.15, 0.2) is 83.7 Å². The van der Waals surface area contributed by atoms with Crippen molar-refractivity contribution in [1.29, 1.82) is 0 Å². The molecule has 4 rings (SSSR count). The summed E-state index contributed by atoms with van der Waals surface area (Å²) in [7, 11) is 1.41. The van der Waals surface area contributed by atoms with E-state index in [2.05, 4.69) is 21.3 Å². The zero-order valence-electron chi connectivity index (χ0n) is 25.8. The lowest BCUT2D eigenvalue weighted by Crippen LogP contribution is -2.54. The summed E-state index contributed by atoms with van der Waals surface area (Å²) in [5.41, 5.74) is 0.985. The van der Waals surface area contributed by atoms with Crippen molar-refractivity contribution in [3.05, 3.63) is 111 Å². The topological polar surface area (TPSA) is 196 Å². The van der Waals surface area contributed by atoms with Gasteiger partial charge >= 0.3 is 5.97 Å². The highest BCUT2D eigenvalue weighted by Crippen LogP contribution is 2.27. The summed E-state index contributed by atoms with van der Waals surface area (Å²) in [5, 5.41) is 30.2. The molecule has 0 aliphatic carbocycles. The molecule has 0 unspecified atom stereocenters. The Bertz CT molecular complexity index is 1860. The Hall–Kier alpha value is -5.98. The van der Waals surface area contributed by atoms with E-state index < -0.39 is 65.1 Å². The lowest BCUT2D eigenvalue weighted by atomic mass is 10.0. The van der Waals surface area contributed by atoms with Crippen molar-refractivity contribution < 1.29 is 34.2 Å². The fourth-order valence-corrected chi connectivity index (χ4v) is 5.09. The molecule has 47 heavy (non-hydrogen) atoms. The molecule has 0 aliphatic rings. The number of nitrogens with one attached hydrogen (secondary N) is 4. The Labute approximate surface area is 269 Å². The molecule has 13 nitrogen and oxygen atoms in total. The molecule has 0 aliphatic heterocycles. The van der Waals surface area contributed by atoms with Gasteiger partial charge in [0.15, 0.2) is 0 Å². The molecular weight excluding hydrogens is 606 g/mol. The summed E-state index contributed by atoms with van der Waals surface area (Å²) in [5.74, 6) is -4.44. The molecule has 0 fully saturated rings. The van der Waals surface area contributed by atoms with E-state index in [4.69, 9.17) is 5.11 Å². The van der Waals surface area contributed by atoms with Gasteiger partial charge in [-0.1, -0.05) is 66.7 Å². The summed E-state index contributed by atoms with van der Waals surface area (Å²) in [6, 6.07) is 21.0. The van der Waals surface area contributed by atoms with Crippen LogP contribution >= 0.6 is 0 Å². The summed E-state index contributed by atoms with van der Waals surface area (Å²) in [4.78, 5) is 75.2. The van der Waals surface area contributed by atoms with Gasteiger partial charge in [-0.15, -0.1) is 0 Å². The van der Waals surface area contributed by atoms with E-state index in [0.29, 0.717) is 11.1 Å². The van der Waals surface area contributed by atoms with Crippen LogP contribution in [0, 0.1) is 0 Å². The number of aryl methyl sites for hydroxylation is 1. The molecule has 2 atom stereocenters. The molecule has 0 spiro atoms. The monoisotopic (exact) mass is 641 g/mol. The van der Waals surface area contributed by atoms with E-state index in [1.54, 1.807) is 12.1 Å². The molecule has 0 saturated heterocycles. The molecule has 0 bridgehead atoms. The lowest BCUT2D eigenvalue weighted by Gasteiger charge is -2.23. The van der Waals surface area contributed by atoms with Gasteiger partial charge in [0.05, 0.1) is 5.52 Å². The molecule has 0 saturated carbocycles. The van der Waals surface area contributed by atoms with Crippen molar-refractivity contribution >= 4 is 40.5 Å². The van der Waals surface area contributed by atoms with E-state index in [1.165, 1.54) is 20.0 Å². The maximum atomic E-state index is 13.6. The maximum Gasteiger partial charge on any atom is 0.322 e. The SMILES string of the molecule is CC(=O)N[C@@H](Cc1ccccc1)C(=O)N[C@H](Cc1ccccc1)C(=O)NCc1ccc2c(c1)c(O)c(C(=O)NCC(=O)O)c(=O)n2C. The van der Waals surface area contributed by atoms with Crippen molar-refractivity contribution in [3.8, 4) is 5.75 Å². The number of aromatic nitrogens is 1. The predicted molar refractivity (Wildman–Crippen MR) is 172 cm³/mol. The van der Waals surface area contributed by atoms with Crippen LogP contribution in [0.5, 0.6) is 5.75 Å². The molecule has 6 N–H and O–H groups in total. The third kappa shape index (κ3) is 8.81. The normalized spacial score (nSPS) is 12.0. The minimum Gasteiger partial charge on any atom is -0.506 e. The van der Waals surface area contributed by atoms with Gasteiger partial charge in [-0.3, -0.25) is 28.8 Å². The average molecular weight is 642 g/mol. The first kappa shape index (κ1) is 33.9. The van der Waals surface area contributed by atoms with E-state index >= 15 is 0 Å². The smallest absolute Gasteiger partial charge is 0.322 e. The summed E-state index contributed by atoms with van der Waals surface area (Å²) >= 11 is 0. The Morgan fingerprint density at radius 1 is 0.766 bits per heavy atom. The number of hydrogen-bond acceptors (Lipinski definition) is 7. The van der Waals surface area contributed by atoms with Crippen molar-refractivity contribution in [3.63, 3.8) is 0 Å². The lowest BCUT2D eigenvalue weighted by molar-refractivity contribution is -0.135.